The van der Waals surface area contributed by atoms with Gasteiger partial charge in [-0.05, 0) is 23.3 Å². The Morgan fingerprint density at radius 2 is 1.93 bits per heavy atom. The van der Waals surface area contributed by atoms with E-state index < -0.39 is 12.0 Å². The highest BCUT2D eigenvalue weighted by Gasteiger charge is 2.19. The van der Waals surface area contributed by atoms with Gasteiger partial charge in [0, 0.05) is 13.3 Å². The number of amides is 1. The summed E-state index contributed by atoms with van der Waals surface area (Å²) in [6.45, 7) is 2.56. The van der Waals surface area contributed by atoms with Gasteiger partial charge in [-0.1, -0.05) is 41.9 Å². The second-order valence-electron chi connectivity index (χ2n) is 6.48. The first kappa shape index (κ1) is 20.0. The Bertz CT molecular complexity index is 840. The molecule has 0 radical (unpaired) electrons. The molecule has 0 saturated heterocycles. The molecular weight excluding hydrogens is 382 g/mol. The minimum Gasteiger partial charge on any atom is -0.489 e. The molecule has 2 aromatic rings. The molecule has 0 saturated carbocycles. The van der Waals surface area contributed by atoms with Gasteiger partial charge in [-0.2, -0.15) is 0 Å². The lowest BCUT2D eigenvalue weighted by atomic mass is 10.0. The molecule has 1 aliphatic heterocycles. The highest BCUT2D eigenvalue weighted by molar-refractivity contribution is 6.32. The monoisotopic (exact) mass is 403 g/mol. The van der Waals surface area contributed by atoms with Crippen LogP contribution in [-0.2, 0) is 20.9 Å². The number of carbonyl (C=O) groups is 2. The topological polar surface area (TPSA) is 73.9 Å². The van der Waals surface area contributed by atoms with Crippen molar-refractivity contribution in [1.29, 1.82) is 0 Å². The third kappa shape index (κ3) is 5.39. The molecule has 1 N–H and O–H groups in total. The van der Waals surface area contributed by atoms with E-state index in [9.17, 15) is 9.59 Å². The Hall–Kier alpha value is -2.73. The van der Waals surface area contributed by atoms with Crippen molar-refractivity contribution in [2.24, 2.45) is 0 Å². The Kier molecular flexibility index (Phi) is 6.76. The second kappa shape index (κ2) is 9.46. The molecule has 0 spiro atoms. The first-order valence-electron chi connectivity index (χ1n) is 9.08. The zero-order valence-electron chi connectivity index (χ0n) is 15.6. The van der Waals surface area contributed by atoms with E-state index in [1.165, 1.54) is 6.92 Å². The zero-order valence-corrected chi connectivity index (χ0v) is 16.3. The fourth-order valence-corrected chi connectivity index (χ4v) is 3.23. The van der Waals surface area contributed by atoms with Gasteiger partial charge in [0.2, 0.25) is 5.91 Å². The average molecular weight is 404 g/mol. The summed E-state index contributed by atoms with van der Waals surface area (Å²) < 4.78 is 16.6. The van der Waals surface area contributed by atoms with Crippen molar-refractivity contribution >= 4 is 23.5 Å². The van der Waals surface area contributed by atoms with E-state index in [0.29, 0.717) is 35.3 Å². The molecule has 0 aliphatic carbocycles. The van der Waals surface area contributed by atoms with Gasteiger partial charge in [-0.25, -0.2) is 0 Å². The van der Waals surface area contributed by atoms with Crippen LogP contribution in [-0.4, -0.2) is 25.1 Å². The van der Waals surface area contributed by atoms with Crippen LogP contribution >= 0.6 is 11.6 Å². The van der Waals surface area contributed by atoms with Gasteiger partial charge in [-0.3, -0.25) is 9.59 Å². The van der Waals surface area contributed by atoms with Crippen molar-refractivity contribution in [1.82, 2.24) is 5.32 Å². The van der Waals surface area contributed by atoms with E-state index in [1.54, 1.807) is 12.1 Å². The van der Waals surface area contributed by atoms with E-state index in [2.05, 4.69) is 5.32 Å². The SMILES string of the molecule is CC(=O)N[C@H](CC(=O)OCc1cc(Cl)c2c(c1)OCCCO2)c1ccccc1. The summed E-state index contributed by atoms with van der Waals surface area (Å²) >= 11 is 6.26. The molecule has 1 aliphatic rings. The maximum absolute atomic E-state index is 12.3. The van der Waals surface area contributed by atoms with Crippen molar-refractivity contribution in [2.45, 2.75) is 32.4 Å². The van der Waals surface area contributed by atoms with Crippen molar-refractivity contribution in [3.05, 3.63) is 58.6 Å². The summed E-state index contributed by atoms with van der Waals surface area (Å²) in [6, 6.07) is 12.3. The lowest BCUT2D eigenvalue weighted by molar-refractivity contribution is -0.145. The molecule has 1 amide bonds. The first-order chi connectivity index (χ1) is 13.5. The normalized spacial score (nSPS) is 13.9. The lowest BCUT2D eigenvalue weighted by Crippen LogP contribution is -2.28. The highest BCUT2D eigenvalue weighted by Crippen LogP contribution is 2.38. The Morgan fingerprint density at radius 3 is 2.68 bits per heavy atom. The maximum atomic E-state index is 12.3. The largest absolute Gasteiger partial charge is 0.489 e. The van der Waals surface area contributed by atoms with Gasteiger partial charge in [-0.15, -0.1) is 0 Å². The van der Waals surface area contributed by atoms with Crippen LogP contribution in [0, 0.1) is 0 Å². The summed E-state index contributed by atoms with van der Waals surface area (Å²) in [6.07, 6.45) is 0.807. The van der Waals surface area contributed by atoms with Gasteiger partial charge >= 0.3 is 5.97 Å². The smallest absolute Gasteiger partial charge is 0.308 e. The number of ether oxygens (including phenoxy) is 3. The summed E-state index contributed by atoms with van der Waals surface area (Å²) in [5.74, 6) is 0.433. The molecule has 6 nitrogen and oxygen atoms in total. The van der Waals surface area contributed by atoms with Crippen molar-refractivity contribution in [3.8, 4) is 11.5 Å². The third-order valence-electron chi connectivity index (χ3n) is 4.21. The van der Waals surface area contributed by atoms with E-state index in [0.717, 1.165) is 12.0 Å². The standard InChI is InChI=1S/C21H22ClNO5/c1-14(24)23-18(16-6-3-2-4-7-16)12-20(25)28-13-15-10-17(22)21-19(11-15)26-8-5-9-27-21/h2-4,6-7,10-11,18H,5,8-9,12-13H2,1H3,(H,23,24)/t18-/m1/s1. The molecule has 148 valence electrons. The number of rotatable bonds is 6. The predicted molar refractivity (Wildman–Crippen MR) is 104 cm³/mol. The third-order valence-corrected chi connectivity index (χ3v) is 4.49. The molecular formula is C21H22ClNO5. The molecule has 0 aromatic heterocycles. The van der Waals surface area contributed by atoms with Crippen LogP contribution in [0.4, 0.5) is 0 Å². The van der Waals surface area contributed by atoms with E-state index in [1.807, 2.05) is 30.3 Å². The minimum atomic E-state index is -0.446. The number of esters is 1. The fraction of sp³-hybridized carbons (Fsp3) is 0.333. The van der Waals surface area contributed by atoms with Crippen LogP contribution in [0.15, 0.2) is 42.5 Å². The van der Waals surface area contributed by atoms with Gasteiger partial charge in [0.05, 0.1) is 30.7 Å². The number of fused-ring (bicyclic) bond motifs is 1. The number of carbonyl (C=O) groups excluding carboxylic acids is 2. The Morgan fingerprint density at radius 1 is 1.18 bits per heavy atom. The average Bonchev–Trinajstić information content (AvgIpc) is 2.92. The van der Waals surface area contributed by atoms with Crippen LogP contribution in [0.25, 0.3) is 0 Å². The molecule has 3 rings (SSSR count). The molecule has 7 heteroatoms. The molecule has 0 bridgehead atoms. The molecule has 28 heavy (non-hydrogen) atoms. The van der Waals surface area contributed by atoms with Crippen molar-refractivity contribution in [3.63, 3.8) is 0 Å². The van der Waals surface area contributed by atoms with Crippen LogP contribution in [0.1, 0.15) is 36.9 Å². The van der Waals surface area contributed by atoms with Gasteiger partial charge in [0.15, 0.2) is 11.5 Å². The number of nitrogens with one attached hydrogen (secondary N) is 1. The number of hydrogen-bond donors (Lipinski definition) is 1. The summed E-state index contributed by atoms with van der Waals surface area (Å²) in [5, 5.41) is 3.21. The van der Waals surface area contributed by atoms with Gasteiger partial charge < -0.3 is 19.5 Å². The molecule has 2 aromatic carbocycles. The molecule has 1 atom stereocenters. The van der Waals surface area contributed by atoms with Gasteiger partial charge in [0.25, 0.3) is 0 Å². The van der Waals surface area contributed by atoms with E-state index in [4.69, 9.17) is 25.8 Å². The predicted octanol–water partition coefficient (Wildman–Crippen LogP) is 3.81. The highest BCUT2D eigenvalue weighted by atomic mass is 35.5. The van der Waals surface area contributed by atoms with Crippen molar-refractivity contribution < 1.29 is 23.8 Å². The summed E-state index contributed by atoms with van der Waals surface area (Å²) in [7, 11) is 0. The van der Waals surface area contributed by atoms with E-state index >= 15 is 0 Å². The molecule has 1 heterocycles. The molecule has 0 fully saturated rings. The van der Waals surface area contributed by atoms with Crippen LogP contribution in [0.5, 0.6) is 11.5 Å². The first-order valence-corrected chi connectivity index (χ1v) is 9.46. The number of halogens is 1. The van der Waals surface area contributed by atoms with Crippen molar-refractivity contribution in [2.75, 3.05) is 13.2 Å². The quantitative estimate of drug-likeness (QED) is 0.742. The van der Waals surface area contributed by atoms with Crippen LogP contribution in [0.2, 0.25) is 5.02 Å². The Labute approximate surface area is 168 Å². The minimum absolute atomic E-state index is 0.0296. The van der Waals surface area contributed by atoms with E-state index in [-0.39, 0.29) is 18.9 Å². The number of benzene rings is 2. The summed E-state index contributed by atoms with van der Waals surface area (Å²) in [5.41, 5.74) is 1.55. The summed E-state index contributed by atoms with van der Waals surface area (Å²) in [4.78, 5) is 23.8. The fourth-order valence-electron chi connectivity index (χ4n) is 2.94. The van der Waals surface area contributed by atoms with Crippen LogP contribution < -0.4 is 14.8 Å². The molecule has 0 unspecified atom stereocenters. The van der Waals surface area contributed by atoms with Gasteiger partial charge in [0.1, 0.15) is 6.61 Å². The lowest BCUT2D eigenvalue weighted by Gasteiger charge is -2.18. The zero-order chi connectivity index (χ0) is 19.9. The Balaban J connectivity index is 1.63. The van der Waals surface area contributed by atoms with Crippen LogP contribution in [0.3, 0.4) is 0 Å². The second-order valence-corrected chi connectivity index (χ2v) is 6.89. The number of hydrogen-bond acceptors (Lipinski definition) is 5. The maximum Gasteiger partial charge on any atom is 0.308 e.